The second kappa shape index (κ2) is 4.57. The predicted octanol–water partition coefficient (Wildman–Crippen LogP) is 1.78. The fourth-order valence-electron chi connectivity index (χ4n) is 1.59. The van der Waals surface area contributed by atoms with Crippen molar-refractivity contribution < 1.29 is 4.74 Å². The van der Waals surface area contributed by atoms with E-state index in [1.807, 2.05) is 12.3 Å². The molecule has 0 radical (unpaired) electrons. The van der Waals surface area contributed by atoms with Gasteiger partial charge in [0.1, 0.15) is 6.73 Å². The number of nitrogens with zero attached hydrogens (tertiary/aromatic N) is 3. The van der Waals surface area contributed by atoms with Crippen LogP contribution in [-0.4, -0.2) is 29.9 Å². The van der Waals surface area contributed by atoms with Crippen LogP contribution in [0, 0.1) is 0 Å². The summed E-state index contributed by atoms with van der Waals surface area (Å²) < 4.78 is 5.38. The lowest BCUT2D eigenvalue weighted by molar-refractivity contribution is 0.106. The van der Waals surface area contributed by atoms with Gasteiger partial charge in [0.2, 0.25) is 5.95 Å². The number of hydrogen-bond acceptors (Lipinski definition) is 4. The van der Waals surface area contributed by atoms with Crippen molar-refractivity contribution in [1.82, 2.24) is 9.97 Å². The lowest BCUT2D eigenvalue weighted by Gasteiger charge is -2.26. The van der Waals surface area contributed by atoms with Gasteiger partial charge in [-0.05, 0) is 18.4 Å². The van der Waals surface area contributed by atoms with E-state index in [0.29, 0.717) is 12.6 Å². The van der Waals surface area contributed by atoms with Crippen molar-refractivity contribution in [3.05, 3.63) is 18.0 Å². The quantitative estimate of drug-likeness (QED) is 0.741. The monoisotopic (exact) mass is 207 g/mol. The van der Waals surface area contributed by atoms with E-state index in [1.165, 1.54) is 0 Å². The van der Waals surface area contributed by atoms with Crippen LogP contribution in [0.5, 0.6) is 0 Å². The third kappa shape index (κ3) is 2.45. The van der Waals surface area contributed by atoms with Crippen LogP contribution < -0.4 is 4.90 Å². The summed E-state index contributed by atoms with van der Waals surface area (Å²) in [5.41, 5.74) is 1.09. The average Bonchev–Trinajstić information content (AvgIpc) is 2.30. The Morgan fingerprint density at radius 1 is 1.47 bits per heavy atom. The molecule has 1 aromatic rings. The molecule has 0 saturated carbocycles. The van der Waals surface area contributed by atoms with Crippen molar-refractivity contribution in [3.8, 4) is 0 Å². The van der Waals surface area contributed by atoms with Crippen molar-refractivity contribution in [1.29, 1.82) is 0 Å². The van der Waals surface area contributed by atoms with Crippen LogP contribution in [0.15, 0.2) is 12.3 Å². The Labute approximate surface area is 90.3 Å². The van der Waals surface area contributed by atoms with Crippen molar-refractivity contribution in [2.24, 2.45) is 0 Å². The number of hydrogen-bond donors (Lipinski definition) is 0. The van der Waals surface area contributed by atoms with Gasteiger partial charge in [0, 0.05) is 18.4 Å². The van der Waals surface area contributed by atoms with Crippen LogP contribution in [0.3, 0.4) is 0 Å². The van der Waals surface area contributed by atoms with Gasteiger partial charge in [-0.15, -0.1) is 0 Å². The minimum atomic E-state index is 0.442. The predicted molar refractivity (Wildman–Crippen MR) is 58.9 cm³/mol. The summed E-state index contributed by atoms with van der Waals surface area (Å²) in [6.07, 6.45) is 2.88. The van der Waals surface area contributed by atoms with Crippen LogP contribution in [0.25, 0.3) is 0 Å². The van der Waals surface area contributed by atoms with Gasteiger partial charge >= 0.3 is 0 Å². The van der Waals surface area contributed by atoms with E-state index in [-0.39, 0.29) is 0 Å². The molecular weight excluding hydrogens is 190 g/mol. The zero-order valence-electron chi connectivity index (χ0n) is 9.31. The molecule has 1 aliphatic heterocycles. The Bertz CT molecular complexity index is 321. The molecule has 1 saturated heterocycles. The first-order valence-electron chi connectivity index (χ1n) is 5.43. The third-order valence-electron chi connectivity index (χ3n) is 2.50. The number of ether oxygens (including phenoxy) is 1. The largest absolute Gasteiger partial charge is 0.361 e. The Morgan fingerprint density at radius 3 is 3.00 bits per heavy atom. The third-order valence-corrected chi connectivity index (χ3v) is 2.50. The highest BCUT2D eigenvalue weighted by Crippen LogP contribution is 2.16. The highest BCUT2D eigenvalue weighted by atomic mass is 16.5. The summed E-state index contributed by atoms with van der Waals surface area (Å²) >= 11 is 0. The first-order valence-corrected chi connectivity index (χ1v) is 5.43. The molecule has 4 heteroatoms. The standard InChI is InChI=1S/C11H17N3O/c1-9(2)10-4-5-12-11(13-10)14-6-3-7-15-8-14/h4-5,9H,3,6-8H2,1-2H3. The second-order valence-corrected chi connectivity index (χ2v) is 4.09. The topological polar surface area (TPSA) is 38.2 Å². The molecule has 15 heavy (non-hydrogen) atoms. The van der Waals surface area contributed by atoms with E-state index in [4.69, 9.17) is 4.74 Å². The molecule has 1 aliphatic rings. The zero-order chi connectivity index (χ0) is 10.7. The Hall–Kier alpha value is -1.16. The van der Waals surface area contributed by atoms with E-state index < -0.39 is 0 Å². The molecule has 2 rings (SSSR count). The number of aromatic nitrogens is 2. The Kier molecular flexibility index (Phi) is 3.16. The van der Waals surface area contributed by atoms with Gasteiger partial charge < -0.3 is 9.64 Å². The van der Waals surface area contributed by atoms with E-state index in [2.05, 4.69) is 28.7 Å². The van der Waals surface area contributed by atoms with E-state index in [9.17, 15) is 0 Å². The van der Waals surface area contributed by atoms with Gasteiger partial charge in [0.25, 0.3) is 0 Å². The molecular formula is C11H17N3O. The summed E-state index contributed by atoms with van der Waals surface area (Å²) in [5.74, 6) is 1.23. The summed E-state index contributed by atoms with van der Waals surface area (Å²) in [5, 5.41) is 0. The summed E-state index contributed by atoms with van der Waals surface area (Å²) in [6.45, 7) is 6.72. The van der Waals surface area contributed by atoms with Crippen LogP contribution in [-0.2, 0) is 4.74 Å². The first-order chi connectivity index (χ1) is 7.27. The summed E-state index contributed by atoms with van der Waals surface area (Å²) in [6, 6.07) is 1.97. The molecule has 4 nitrogen and oxygen atoms in total. The second-order valence-electron chi connectivity index (χ2n) is 4.09. The molecule has 82 valence electrons. The molecule has 0 aliphatic carbocycles. The lowest BCUT2D eigenvalue weighted by Crippen LogP contribution is -2.34. The molecule has 1 aromatic heterocycles. The smallest absolute Gasteiger partial charge is 0.227 e. The van der Waals surface area contributed by atoms with Crippen LogP contribution in [0.1, 0.15) is 31.9 Å². The Morgan fingerprint density at radius 2 is 2.33 bits per heavy atom. The number of rotatable bonds is 2. The van der Waals surface area contributed by atoms with Crippen molar-refractivity contribution >= 4 is 5.95 Å². The normalized spacial score (nSPS) is 17.1. The molecule has 0 aromatic carbocycles. The molecule has 0 atom stereocenters. The van der Waals surface area contributed by atoms with Crippen LogP contribution in [0.2, 0.25) is 0 Å². The minimum Gasteiger partial charge on any atom is -0.361 e. The van der Waals surface area contributed by atoms with Crippen molar-refractivity contribution in [2.75, 3.05) is 24.8 Å². The maximum Gasteiger partial charge on any atom is 0.227 e. The zero-order valence-corrected chi connectivity index (χ0v) is 9.31. The molecule has 0 amide bonds. The fraction of sp³-hybridized carbons (Fsp3) is 0.636. The van der Waals surface area contributed by atoms with Gasteiger partial charge in [-0.3, -0.25) is 0 Å². The summed E-state index contributed by atoms with van der Waals surface area (Å²) in [7, 11) is 0. The van der Waals surface area contributed by atoms with Gasteiger partial charge in [-0.1, -0.05) is 13.8 Å². The van der Waals surface area contributed by atoms with Crippen molar-refractivity contribution in [3.63, 3.8) is 0 Å². The first kappa shape index (κ1) is 10.4. The highest BCUT2D eigenvalue weighted by Gasteiger charge is 2.14. The minimum absolute atomic E-state index is 0.442. The lowest BCUT2D eigenvalue weighted by atomic mass is 10.1. The highest BCUT2D eigenvalue weighted by molar-refractivity contribution is 5.30. The van der Waals surface area contributed by atoms with Crippen molar-refractivity contribution in [2.45, 2.75) is 26.2 Å². The molecule has 0 unspecified atom stereocenters. The van der Waals surface area contributed by atoms with Gasteiger partial charge in [-0.2, -0.15) is 0 Å². The molecule has 2 heterocycles. The SMILES string of the molecule is CC(C)c1ccnc(N2CCCOC2)n1. The van der Waals surface area contributed by atoms with E-state index in [0.717, 1.165) is 31.2 Å². The fourth-order valence-corrected chi connectivity index (χ4v) is 1.59. The molecule has 0 spiro atoms. The van der Waals surface area contributed by atoms with Crippen LogP contribution >= 0.6 is 0 Å². The summed E-state index contributed by atoms with van der Waals surface area (Å²) in [4.78, 5) is 10.9. The van der Waals surface area contributed by atoms with Gasteiger partial charge in [0.15, 0.2) is 0 Å². The van der Waals surface area contributed by atoms with E-state index in [1.54, 1.807) is 0 Å². The Balaban J connectivity index is 2.16. The van der Waals surface area contributed by atoms with Gasteiger partial charge in [0.05, 0.1) is 6.61 Å². The average molecular weight is 207 g/mol. The maximum atomic E-state index is 5.38. The number of anilines is 1. The van der Waals surface area contributed by atoms with Crippen LogP contribution in [0.4, 0.5) is 5.95 Å². The van der Waals surface area contributed by atoms with E-state index >= 15 is 0 Å². The maximum absolute atomic E-state index is 5.38. The molecule has 0 bridgehead atoms. The molecule has 1 fully saturated rings. The van der Waals surface area contributed by atoms with Gasteiger partial charge in [-0.25, -0.2) is 9.97 Å². The molecule has 0 N–H and O–H groups in total.